The highest BCUT2D eigenvalue weighted by Crippen LogP contribution is 2.27. The molecule has 1 aromatic carbocycles. The second-order valence-electron chi connectivity index (χ2n) is 6.06. The van der Waals surface area contributed by atoms with Crippen molar-refractivity contribution in [2.45, 2.75) is 27.2 Å². The predicted octanol–water partition coefficient (Wildman–Crippen LogP) is 2.94. The maximum absolute atomic E-state index is 12.5. The molecule has 1 amide bonds. The predicted molar refractivity (Wildman–Crippen MR) is 106 cm³/mol. The number of amides is 1. The van der Waals surface area contributed by atoms with Crippen molar-refractivity contribution in [2.24, 2.45) is 0 Å². The van der Waals surface area contributed by atoms with Crippen molar-refractivity contribution in [3.8, 4) is 11.5 Å². The fourth-order valence-electron chi connectivity index (χ4n) is 2.78. The highest BCUT2D eigenvalue weighted by atomic mass is 16.5. The summed E-state index contributed by atoms with van der Waals surface area (Å²) in [6.07, 6.45) is 0.761. The van der Waals surface area contributed by atoms with Gasteiger partial charge in [0, 0.05) is 25.3 Å². The van der Waals surface area contributed by atoms with Crippen molar-refractivity contribution in [3.05, 3.63) is 41.2 Å². The first kappa shape index (κ1) is 20.5. The molecule has 0 saturated heterocycles. The molecule has 1 aromatic heterocycles. The second kappa shape index (κ2) is 9.75. The first-order valence-corrected chi connectivity index (χ1v) is 9.12. The smallest absolute Gasteiger partial charge is 0.272 e. The van der Waals surface area contributed by atoms with Crippen LogP contribution < -0.4 is 14.8 Å². The second-order valence-corrected chi connectivity index (χ2v) is 6.06. The van der Waals surface area contributed by atoms with E-state index in [2.05, 4.69) is 15.3 Å². The van der Waals surface area contributed by atoms with E-state index in [9.17, 15) is 4.79 Å². The first-order valence-electron chi connectivity index (χ1n) is 9.12. The third kappa shape index (κ3) is 5.32. The number of anilines is 1. The molecule has 0 unspecified atom stereocenters. The van der Waals surface area contributed by atoms with E-state index in [4.69, 9.17) is 9.47 Å². The van der Waals surface area contributed by atoms with Gasteiger partial charge in [0.05, 0.1) is 14.2 Å². The van der Waals surface area contributed by atoms with Crippen molar-refractivity contribution >= 4 is 11.9 Å². The number of benzene rings is 1. The van der Waals surface area contributed by atoms with Gasteiger partial charge in [-0.25, -0.2) is 9.97 Å². The third-order valence-corrected chi connectivity index (χ3v) is 4.27. The molecule has 27 heavy (non-hydrogen) atoms. The molecule has 0 spiro atoms. The molecule has 1 N–H and O–H groups in total. The molecule has 0 bridgehead atoms. The van der Waals surface area contributed by atoms with Gasteiger partial charge < -0.3 is 19.7 Å². The molecule has 7 nitrogen and oxygen atoms in total. The molecule has 2 aromatic rings. The molecule has 146 valence electrons. The van der Waals surface area contributed by atoms with Crippen LogP contribution in [0.5, 0.6) is 11.5 Å². The van der Waals surface area contributed by atoms with Gasteiger partial charge in [0.1, 0.15) is 5.69 Å². The summed E-state index contributed by atoms with van der Waals surface area (Å²) in [6.45, 7) is 7.72. The van der Waals surface area contributed by atoms with Crippen molar-refractivity contribution in [3.63, 3.8) is 0 Å². The van der Waals surface area contributed by atoms with Crippen molar-refractivity contribution in [1.82, 2.24) is 14.9 Å². The van der Waals surface area contributed by atoms with E-state index in [1.165, 1.54) is 0 Å². The fraction of sp³-hybridized carbons (Fsp3) is 0.450. The summed E-state index contributed by atoms with van der Waals surface area (Å²) in [5, 5.41) is 3.21. The molecular formula is C20H28N4O3. The van der Waals surface area contributed by atoms with Gasteiger partial charge >= 0.3 is 0 Å². The van der Waals surface area contributed by atoms with E-state index in [-0.39, 0.29) is 5.91 Å². The van der Waals surface area contributed by atoms with Crippen LogP contribution in [-0.4, -0.2) is 54.6 Å². The van der Waals surface area contributed by atoms with Gasteiger partial charge in [-0.3, -0.25) is 4.79 Å². The maximum atomic E-state index is 12.5. The van der Waals surface area contributed by atoms with E-state index in [1.807, 2.05) is 39.0 Å². The molecule has 0 radical (unpaired) electrons. The number of methoxy groups -OCH3 is 2. The van der Waals surface area contributed by atoms with Gasteiger partial charge in [-0.05, 0) is 51.0 Å². The summed E-state index contributed by atoms with van der Waals surface area (Å²) in [4.78, 5) is 23.0. The Morgan fingerprint density at radius 1 is 1.07 bits per heavy atom. The molecular weight excluding hydrogens is 344 g/mol. The third-order valence-electron chi connectivity index (χ3n) is 4.27. The number of carbonyl (C=O) groups is 1. The Bertz CT molecular complexity index is 776. The SMILES string of the molecule is CCN(CC)C(=O)c1cc(C)nc(NCCc2ccc(OC)c(OC)c2)n1. The largest absolute Gasteiger partial charge is 0.493 e. The highest BCUT2D eigenvalue weighted by Gasteiger charge is 2.15. The van der Waals surface area contributed by atoms with Crippen LogP contribution in [-0.2, 0) is 6.42 Å². The number of rotatable bonds is 9. The van der Waals surface area contributed by atoms with Crippen molar-refractivity contribution in [2.75, 3.05) is 39.2 Å². The quantitative estimate of drug-likeness (QED) is 0.729. The molecule has 0 atom stereocenters. The minimum absolute atomic E-state index is 0.0755. The highest BCUT2D eigenvalue weighted by molar-refractivity contribution is 5.92. The average molecular weight is 372 g/mol. The molecule has 0 saturated carbocycles. The van der Waals surface area contributed by atoms with Crippen LogP contribution in [0.15, 0.2) is 24.3 Å². The maximum Gasteiger partial charge on any atom is 0.272 e. The topological polar surface area (TPSA) is 76.6 Å². The lowest BCUT2D eigenvalue weighted by Crippen LogP contribution is -2.31. The minimum atomic E-state index is -0.0755. The van der Waals surface area contributed by atoms with Gasteiger partial charge in [-0.15, -0.1) is 0 Å². The number of nitrogens with one attached hydrogen (secondary N) is 1. The summed E-state index contributed by atoms with van der Waals surface area (Å²) in [7, 11) is 3.24. The van der Waals surface area contributed by atoms with Crippen LogP contribution in [0.3, 0.4) is 0 Å². The molecule has 2 rings (SSSR count). The summed E-state index contributed by atoms with van der Waals surface area (Å²) in [6, 6.07) is 7.56. The number of aromatic nitrogens is 2. The zero-order valence-electron chi connectivity index (χ0n) is 16.7. The van der Waals surface area contributed by atoms with Crippen LogP contribution in [0.25, 0.3) is 0 Å². The van der Waals surface area contributed by atoms with Gasteiger partial charge in [0.25, 0.3) is 5.91 Å². The Hall–Kier alpha value is -2.83. The fourth-order valence-corrected chi connectivity index (χ4v) is 2.78. The standard InChI is InChI=1S/C20H28N4O3/c1-6-24(7-2)19(25)16-12-14(3)22-20(23-16)21-11-10-15-8-9-17(26-4)18(13-15)27-5/h8-9,12-13H,6-7,10-11H2,1-5H3,(H,21,22,23). The van der Waals surface area contributed by atoms with E-state index >= 15 is 0 Å². The Kier molecular flexibility index (Phi) is 7.40. The first-order chi connectivity index (χ1) is 13.0. The molecule has 0 fully saturated rings. The van der Waals surface area contributed by atoms with Crippen molar-refractivity contribution in [1.29, 1.82) is 0 Å². The van der Waals surface area contributed by atoms with Crippen LogP contribution in [0.2, 0.25) is 0 Å². The number of hydrogen-bond donors (Lipinski definition) is 1. The lowest BCUT2D eigenvalue weighted by atomic mass is 10.1. The number of aryl methyl sites for hydroxylation is 1. The number of hydrogen-bond acceptors (Lipinski definition) is 6. The molecule has 1 heterocycles. The van der Waals surface area contributed by atoms with E-state index in [0.717, 1.165) is 17.7 Å². The van der Waals surface area contributed by atoms with Crippen LogP contribution in [0.4, 0.5) is 5.95 Å². The van der Waals surface area contributed by atoms with Gasteiger partial charge in [-0.2, -0.15) is 0 Å². The lowest BCUT2D eigenvalue weighted by Gasteiger charge is -2.18. The number of carbonyl (C=O) groups excluding carboxylic acids is 1. The van der Waals surface area contributed by atoms with Crippen LogP contribution >= 0.6 is 0 Å². The Morgan fingerprint density at radius 2 is 1.78 bits per heavy atom. The molecule has 7 heteroatoms. The lowest BCUT2D eigenvalue weighted by molar-refractivity contribution is 0.0767. The van der Waals surface area contributed by atoms with E-state index in [0.29, 0.717) is 42.8 Å². The summed E-state index contributed by atoms with van der Waals surface area (Å²) >= 11 is 0. The number of nitrogens with zero attached hydrogens (tertiary/aromatic N) is 3. The Balaban J connectivity index is 2.05. The summed E-state index contributed by atoms with van der Waals surface area (Å²) < 4.78 is 10.6. The van der Waals surface area contributed by atoms with Crippen LogP contribution in [0.1, 0.15) is 35.6 Å². The minimum Gasteiger partial charge on any atom is -0.493 e. The van der Waals surface area contributed by atoms with E-state index < -0.39 is 0 Å². The van der Waals surface area contributed by atoms with Gasteiger partial charge in [0.2, 0.25) is 5.95 Å². The van der Waals surface area contributed by atoms with Gasteiger partial charge in [-0.1, -0.05) is 6.07 Å². The monoisotopic (exact) mass is 372 g/mol. The molecule has 0 aliphatic carbocycles. The normalized spacial score (nSPS) is 10.4. The van der Waals surface area contributed by atoms with Crippen molar-refractivity contribution < 1.29 is 14.3 Å². The molecule has 0 aliphatic rings. The van der Waals surface area contributed by atoms with Gasteiger partial charge in [0.15, 0.2) is 11.5 Å². The summed E-state index contributed by atoms with van der Waals surface area (Å²) in [5.74, 6) is 1.80. The summed E-state index contributed by atoms with van der Waals surface area (Å²) in [5.41, 5.74) is 2.28. The van der Waals surface area contributed by atoms with E-state index in [1.54, 1.807) is 25.2 Å². The number of ether oxygens (including phenoxy) is 2. The van der Waals surface area contributed by atoms with Crippen LogP contribution in [0, 0.1) is 6.92 Å². The Morgan fingerprint density at radius 3 is 2.41 bits per heavy atom. The zero-order valence-corrected chi connectivity index (χ0v) is 16.7. The average Bonchev–Trinajstić information content (AvgIpc) is 2.68. The Labute approximate surface area is 160 Å². The zero-order chi connectivity index (χ0) is 19.8. The molecule has 0 aliphatic heterocycles.